The summed E-state index contributed by atoms with van der Waals surface area (Å²) in [5.74, 6) is 0. The highest BCUT2D eigenvalue weighted by molar-refractivity contribution is 6.18. The highest BCUT2D eigenvalue weighted by Crippen LogP contribution is 2.42. The maximum Gasteiger partial charge on any atom is 0.0800 e. The number of hydrogen-bond acceptors (Lipinski definition) is 2. The Morgan fingerprint density at radius 1 is 0.280 bits per heavy atom. The second-order valence-electron chi connectivity index (χ2n) is 12.6. The van der Waals surface area contributed by atoms with Crippen molar-refractivity contribution in [3.63, 3.8) is 0 Å². The second kappa shape index (κ2) is 12.8. The number of fused-ring (bicyclic) bond motifs is 3. The number of nitrogens with zero attached hydrogens (tertiary/aromatic N) is 2. The first-order chi connectivity index (χ1) is 24.8. The number of benzene rings is 7. The monoisotopic (exact) mass is 636 g/mol. The van der Waals surface area contributed by atoms with Crippen LogP contribution in [-0.2, 0) is 0 Å². The van der Waals surface area contributed by atoms with Gasteiger partial charge in [-0.1, -0.05) is 170 Å². The van der Waals surface area contributed by atoms with E-state index >= 15 is 0 Å². The van der Waals surface area contributed by atoms with Gasteiger partial charge >= 0.3 is 0 Å². The lowest BCUT2D eigenvalue weighted by molar-refractivity contribution is 1.32. The third-order valence-electron chi connectivity index (χ3n) is 9.45. The van der Waals surface area contributed by atoms with Gasteiger partial charge in [0.2, 0.25) is 0 Å². The van der Waals surface area contributed by atoms with Crippen LogP contribution in [0.15, 0.2) is 194 Å². The van der Waals surface area contributed by atoms with Gasteiger partial charge in [0, 0.05) is 27.6 Å². The van der Waals surface area contributed by atoms with Crippen LogP contribution in [0.1, 0.15) is 0 Å². The maximum absolute atomic E-state index is 5.49. The summed E-state index contributed by atoms with van der Waals surface area (Å²) >= 11 is 0. The Morgan fingerprint density at radius 2 is 0.720 bits per heavy atom. The highest BCUT2D eigenvalue weighted by Gasteiger charge is 2.19. The van der Waals surface area contributed by atoms with E-state index in [1.165, 1.54) is 33.0 Å². The van der Waals surface area contributed by atoms with Crippen LogP contribution in [0.2, 0.25) is 0 Å². The van der Waals surface area contributed by atoms with Gasteiger partial charge in [0.05, 0.1) is 22.6 Å². The molecule has 2 aromatic heterocycles. The lowest BCUT2D eigenvalue weighted by Gasteiger charge is -2.17. The van der Waals surface area contributed by atoms with Crippen LogP contribution >= 0.6 is 0 Å². The number of rotatable bonds is 6. The van der Waals surface area contributed by atoms with Crippen LogP contribution < -0.4 is 0 Å². The lowest BCUT2D eigenvalue weighted by Crippen LogP contribution is -1.96. The van der Waals surface area contributed by atoms with Crippen LogP contribution in [0, 0.1) is 0 Å². The Balaban J connectivity index is 1.33. The van der Waals surface area contributed by atoms with Gasteiger partial charge in [0.15, 0.2) is 0 Å². The normalized spacial score (nSPS) is 11.2. The minimum Gasteiger partial charge on any atom is -0.248 e. The molecule has 0 fully saturated rings. The summed E-state index contributed by atoms with van der Waals surface area (Å²) in [7, 11) is 0. The summed E-state index contributed by atoms with van der Waals surface area (Å²) in [5, 5.41) is 3.51. The van der Waals surface area contributed by atoms with Gasteiger partial charge in [-0.05, 0) is 62.9 Å². The maximum atomic E-state index is 5.49. The SMILES string of the molecule is c1ccc(-c2ccc(-c3cc(-c4cc5ccccc5c5c(-c6ccccc6)cc(-c6ccccc6)nc45)cc(-c4ccccc4)n3)cc2)cc1. The van der Waals surface area contributed by atoms with Crippen molar-refractivity contribution in [2.75, 3.05) is 0 Å². The van der Waals surface area contributed by atoms with E-state index in [1.807, 2.05) is 6.07 Å². The fourth-order valence-corrected chi connectivity index (χ4v) is 6.96. The summed E-state index contributed by atoms with van der Waals surface area (Å²) < 4.78 is 0. The van der Waals surface area contributed by atoms with Crippen molar-refractivity contribution in [1.29, 1.82) is 0 Å². The van der Waals surface area contributed by atoms with Crippen molar-refractivity contribution in [3.8, 4) is 67.2 Å². The molecule has 9 rings (SSSR count). The second-order valence-corrected chi connectivity index (χ2v) is 12.6. The van der Waals surface area contributed by atoms with Gasteiger partial charge in [-0.2, -0.15) is 0 Å². The van der Waals surface area contributed by atoms with Gasteiger partial charge in [-0.15, -0.1) is 0 Å². The first kappa shape index (κ1) is 29.5. The van der Waals surface area contributed by atoms with Crippen LogP contribution in [0.25, 0.3) is 88.8 Å². The molecule has 2 nitrogen and oxygen atoms in total. The van der Waals surface area contributed by atoms with E-state index in [0.29, 0.717) is 0 Å². The predicted molar refractivity (Wildman–Crippen MR) is 210 cm³/mol. The molecule has 0 radical (unpaired) electrons. The highest BCUT2D eigenvalue weighted by atomic mass is 14.7. The first-order valence-electron chi connectivity index (χ1n) is 17.0. The Bertz CT molecular complexity index is 2600. The molecule has 0 bridgehead atoms. The van der Waals surface area contributed by atoms with Gasteiger partial charge in [0.25, 0.3) is 0 Å². The molecule has 0 saturated carbocycles. The average Bonchev–Trinajstić information content (AvgIpc) is 3.21. The lowest BCUT2D eigenvalue weighted by atomic mass is 9.90. The van der Waals surface area contributed by atoms with Gasteiger partial charge in [0.1, 0.15) is 0 Å². The number of hydrogen-bond donors (Lipinski definition) is 0. The molecule has 0 aliphatic carbocycles. The van der Waals surface area contributed by atoms with Crippen molar-refractivity contribution in [2.45, 2.75) is 0 Å². The molecule has 2 heteroatoms. The molecule has 234 valence electrons. The molecule has 50 heavy (non-hydrogen) atoms. The summed E-state index contributed by atoms with van der Waals surface area (Å²) in [6.45, 7) is 0. The Kier molecular flexibility index (Phi) is 7.53. The fourth-order valence-electron chi connectivity index (χ4n) is 6.96. The van der Waals surface area contributed by atoms with Crippen LogP contribution in [0.3, 0.4) is 0 Å². The zero-order valence-electron chi connectivity index (χ0n) is 27.4. The summed E-state index contributed by atoms with van der Waals surface area (Å²) in [5.41, 5.74) is 13.9. The first-order valence-corrected chi connectivity index (χ1v) is 17.0. The molecule has 9 aromatic rings. The van der Waals surface area contributed by atoms with E-state index in [1.54, 1.807) is 0 Å². The molecule has 0 aliphatic rings. The van der Waals surface area contributed by atoms with Gasteiger partial charge in [-0.25, -0.2) is 9.97 Å². The van der Waals surface area contributed by atoms with Gasteiger partial charge < -0.3 is 0 Å². The molecule has 7 aromatic carbocycles. The predicted octanol–water partition coefficient (Wildman–Crippen LogP) is 12.8. The molecule has 0 saturated heterocycles. The molecular weight excluding hydrogens is 605 g/mol. The van der Waals surface area contributed by atoms with Crippen LogP contribution in [-0.4, -0.2) is 9.97 Å². The molecule has 0 unspecified atom stereocenters. The van der Waals surface area contributed by atoms with E-state index < -0.39 is 0 Å². The quantitative estimate of drug-likeness (QED) is 0.170. The topological polar surface area (TPSA) is 25.8 Å². The molecule has 0 amide bonds. The number of pyridine rings is 2. The summed E-state index contributed by atoms with van der Waals surface area (Å²) in [4.78, 5) is 10.7. The van der Waals surface area contributed by atoms with Crippen molar-refractivity contribution < 1.29 is 0 Å². The Hall–Kier alpha value is -6.64. The third-order valence-corrected chi connectivity index (χ3v) is 9.45. The average molecular weight is 637 g/mol. The van der Waals surface area contributed by atoms with Crippen LogP contribution in [0.5, 0.6) is 0 Å². The molecule has 2 heterocycles. The van der Waals surface area contributed by atoms with Crippen molar-refractivity contribution in [3.05, 3.63) is 194 Å². The molecule has 0 N–H and O–H groups in total. The van der Waals surface area contributed by atoms with E-state index in [-0.39, 0.29) is 0 Å². The standard InChI is InChI=1S/C48H32N2/c1-5-15-33(16-6-1)34-25-27-38(28-26-34)45-31-40(30-44(49-45)36-19-9-3-10-20-36)43-29-39-23-13-14-24-41(39)47-42(35-17-7-2-8-18-35)32-46(50-48(43)47)37-21-11-4-12-22-37/h1-32H. The molecular formula is C48H32N2. The van der Waals surface area contributed by atoms with Gasteiger partial charge in [-0.3, -0.25) is 0 Å². The Labute approximate surface area is 292 Å². The fraction of sp³-hybridized carbons (Fsp3) is 0. The van der Waals surface area contributed by atoms with E-state index in [4.69, 9.17) is 9.97 Å². The molecule has 0 aliphatic heterocycles. The largest absolute Gasteiger partial charge is 0.248 e. The molecule has 0 atom stereocenters. The van der Waals surface area contributed by atoms with E-state index in [2.05, 4.69) is 188 Å². The zero-order chi connectivity index (χ0) is 33.3. The van der Waals surface area contributed by atoms with Crippen LogP contribution in [0.4, 0.5) is 0 Å². The van der Waals surface area contributed by atoms with Crippen molar-refractivity contribution in [1.82, 2.24) is 9.97 Å². The smallest absolute Gasteiger partial charge is 0.0800 e. The molecule has 0 spiro atoms. The minimum absolute atomic E-state index is 0.921. The zero-order valence-corrected chi connectivity index (χ0v) is 27.4. The van der Waals surface area contributed by atoms with E-state index in [0.717, 1.165) is 55.8 Å². The Morgan fingerprint density at radius 3 is 1.32 bits per heavy atom. The number of aromatic nitrogens is 2. The minimum atomic E-state index is 0.921. The van der Waals surface area contributed by atoms with Crippen molar-refractivity contribution >= 4 is 21.7 Å². The summed E-state index contributed by atoms with van der Waals surface area (Å²) in [6, 6.07) is 68.6. The third kappa shape index (κ3) is 5.53. The summed E-state index contributed by atoms with van der Waals surface area (Å²) in [6.07, 6.45) is 0. The van der Waals surface area contributed by atoms with E-state index in [9.17, 15) is 0 Å². The van der Waals surface area contributed by atoms with Crippen molar-refractivity contribution in [2.24, 2.45) is 0 Å².